The monoisotopic (exact) mass is 642 g/mol. The largest absolute Gasteiger partial charge is 0.484 e. The number of nitrogens with zero attached hydrogens (tertiary/aromatic N) is 4. The highest BCUT2D eigenvalue weighted by molar-refractivity contribution is 7.89. The second-order valence-electron chi connectivity index (χ2n) is 11.3. The van der Waals surface area contributed by atoms with Gasteiger partial charge in [0.1, 0.15) is 16.5 Å². The van der Waals surface area contributed by atoms with Crippen LogP contribution in [0.25, 0.3) is 0 Å². The Bertz CT molecular complexity index is 1620. The minimum absolute atomic E-state index is 0.0368. The van der Waals surface area contributed by atoms with Crippen LogP contribution in [0.5, 0.6) is 5.75 Å². The molecule has 0 spiro atoms. The van der Waals surface area contributed by atoms with Gasteiger partial charge in [-0.15, -0.1) is 0 Å². The predicted molar refractivity (Wildman–Crippen MR) is 167 cm³/mol. The van der Waals surface area contributed by atoms with Gasteiger partial charge in [-0.3, -0.25) is 9.59 Å². The Morgan fingerprint density at radius 3 is 2.20 bits per heavy atom. The Kier molecular flexibility index (Phi) is 9.48. The molecule has 2 aliphatic heterocycles. The molecular formula is C32H36ClFN4O5S. The van der Waals surface area contributed by atoms with E-state index in [-0.39, 0.29) is 58.9 Å². The molecule has 12 heteroatoms. The molecule has 0 radical (unpaired) electrons. The van der Waals surface area contributed by atoms with E-state index in [1.807, 2.05) is 43.9 Å². The SMILES string of the molecule is Cc1cc(C)cc(OCC(=O)N2CCN(C(=O)c3ccc(Cl)c(S(=O)(=O)N4CCN(c5ccc(F)cc5)CC4)c3)[C@H](C)C2)c1. The van der Waals surface area contributed by atoms with Crippen molar-refractivity contribution in [3.8, 4) is 5.75 Å². The first-order valence-electron chi connectivity index (χ1n) is 14.5. The van der Waals surface area contributed by atoms with E-state index < -0.39 is 10.0 Å². The second-order valence-corrected chi connectivity index (χ2v) is 13.6. The summed E-state index contributed by atoms with van der Waals surface area (Å²) in [6.45, 7) is 7.95. The van der Waals surface area contributed by atoms with Crippen molar-refractivity contribution in [2.45, 2.75) is 31.7 Å². The lowest BCUT2D eigenvalue weighted by Gasteiger charge is -2.40. The number of carbonyl (C=O) groups is 2. The molecule has 0 N–H and O–H groups in total. The van der Waals surface area contributed by atoms with E-state index in [0.29, 0.717) is 38.5 Å². The van der Waals surface area contributed by atoms with Crippen LogP contribution in [0, 0.1) is 19.7 Å². The summed E-state index contributed by atoms with van der Waals surface area (Å²) in [5.74, 6) is -0.184. The second kappa shape index (κ2) is 13.1. The maximum atomic E-state index is 13.6. The number of benzene rings is 3. The highest BCUT2D eigenvalue weighted by Crippen LogP contribution is 2.29. The summed E-state index contributed by atoms with van der Waals surface area (Å²) in [4.78, 5) is 31.7. The molecule has 9 nitrogen and oxygen atoms in total. The van der Waals surface area contributed by atoms with Crippen LogP contribution < -0.4 is 9.64 Å². The molecular weight excluding hydrogens is 607 g/mol. The third kappa shape index (κ3) is 7.00. The van der Waals surface area contributed by atoms with Gasteiger partial charge < -0.3 is 19.4 Å². The fraction of sp³-hybridized carbons (Fsp3) is 0.375. The Morgan fingerprint density at radius 1 is 0.909 bits per heavy atom. The van der Waals surface area contributed by atoms with E-state index in [4.69, 9.17) is 16.3 Å². The number of carbonyl (C=O) groups excluding carboxylic acids is 2. The van der Waals surface area contributed by atoms with Crippen LogP contribution in [0.4, 0.5) is 10.1 Å². The van der Waals surface area contributed by atoms with E-state index in [1.165, 1.54) is 34.6 Å². The van der Waals surface area contributed by atoms with Gasteiger partial charge in [0.2, 0.25) is 10.0 Å². The van der Waals surface area contributed by atoms with Crippen molar-refractivity contribution in [2.75, 3.05) is 57.3 Å². The number of hydrogen-bond donors (Lipinski definition) is 0. The summed E-state index contributed by atoms with van der Waals surface area (Å²) < 4.78 is 47.7. The Morgan fingerprint density at radius 2 is 1.57 bits per heavy atom. The zero-order valence-corrected chi connectivity index (χ0v) is 26.6. The first-order chi connectivity index (χ1) is 20.9. The average Bonchev–Trinajstić information content (AvgIpc) is 2.99. The minimum Gasteiger partial charge on any atom is -0.484 e. The molecule has 44 heavy (non-hydrogen) atoms. The maximum absolute atomic E-state index is 13.6. The van der Waals surface area contributed by atoms with Gasteiger partial charge in [-0.05, 0) is 86.5 Å². The van der Waals surface area contributed by atoms with Crippen molar-refractivity contribution in [3.63, 3.8) is 0 Å². The van der Waals surface area contributed by atoms with Gasteiger partial charge in [0, 0.05) is 63.1 Å². The number of aryl methyl sites for hydroxylation is 2. The number of rotatable bonds is 7. The molecule has 0 bridgehead atoms. The summed E-state index contributed by atoms with van der Waals surface area (Å²) in [6, 6.07) is 15.9. The normalized spacial score (nSPS) is 17.9. The van der Waals surface area contributed by atoms with Gasteiger partial charge in [0.05, 0.1) is 5.02 Å². The lowest BCUT2D eigenvalue weighted by Crippen LogP contribution is -2.56. The summed E-state index contributed by atoms with van der Waals surface area (Å²) in [5, 5.41) is 0.0368. The Hall–Kier alpha value is -3.67. The molecule has 1 atom stereocenters. The van der Waals surface area contributed by atoms with Gasteiger partial charge >= 0.3 is 0 Å². The van der Waals surface area contributed by atoms with Crippen LogP contribution in [0.2, 0.25) is 5.02 Å². The fourth-order valence-corrected chi connectivity index (χ4v) is 7.64. The Labute approximate surface area is 262 Å². The molecule has 0 aliphatic carbocycles. The highest BCUT2D eigenvalue weighted by Gasteiger charge is 2.34. The van der Waals surface area contributed by atoms with Gasteiger partial charge in [-0.25, -0.2) is 12.8 Å². The van der Waals surface area contributed by atoms with Gasteiger partial charge in [0.25, 0.3) is 11.8 Å². The standard InChI is InChI=1S/C32H36ClFN4O5S/c1-22-16-23(2)18-28(17-22)43-21-31(39)36-12-15-38(24(3)20-36)32(40)25-4-9-29(33)30(19-25)44(41,42)37-13-10-35(11-14-37)27-7-5-26(34)6-8-27/h4-9,16-19,24H,10-15,20-21H2,1-3H3/t24-/m1/s1. The van der Waals surface area contributed by atoms with Gasteiger partial charge in [-0.2, -0.15) is 4.31 Å². The van der Waals surface area contributed by atoms with Crippen molar-refractivity contribution in [2.24, 2.45) is 0 Å². The van der Waals surface area contributed by atoms with Gasteiger partial charge in [-0.1, -0.05) is 17.7 Å². The summed E-state index contributed by atoms with van der Waals surface area (Å²) in [6.07, 6.45) is 0. The first-order valence-corrected chi connectivity index (χ1v) is 16.3. The zero-order chi connectivity index (χ0) is 31.6. The first kappa shape index (κ1) is 31.7. The molecule has 2 aliphatic rings. The van der Waals surface area contributed by atoms with E-state index in [2.05, 4.69) is 0 Å². The number of ether oxygens (including phenoxy) is 1. The molecule has 234 valence electrons. The lowest BCUT2D eigenvalue weighted by atomic mass is 10.1. The molecule has 0 aromatic heterocycles. The number of anilines is 1. The minimum atomic E-state index is -3.98. The average molecular weight is 643 g/mol. The maximum Gasteiger partial charge on any atom is 0.260 e. The van der Waals surface area contributed by atoms with Crippen molar-refractivity contribution in [3.05, 3.63) is 88.2 Å². The lowest BCUT2D eigenvalue weighted by molar-refractivity contribution is -0.135. The summed E-state index contributed by atoms with van der Waals surface area (Å²) in [5.41, 5.74) is 3.13. The van der Waals surface area contributed by atoms with Crippen LogP contribution in [0.1, 0.15) is 28.4 Å². The van der Waals surface area contributed by atoms with Crippen LogP contribution >= 0.6 is 11.6 Å². The van der Waals surface area contributed by atoms with Crippen molar-refractivity contribution in [1.29, 1.82) is 0 Å². The fourth-order valence-electron chi connectivity index (χ4n) is 5.72. The molecule has 3 aromatic rings. The van der Waals surface area contributed by atoms with Crippen molar-refractivity contribution in [1.82, 2.24) is 14.1 Å². The smallest absolute Gasteiger partial charge is 0.260 e. The van der Waals surface area contributed by atoms with Crippen molar-refractivity contribution >= 4 is 39.1 Å². The number of sulfonamides is 1. The van der Waals surface area contributed by atoms with Crippen molar-refractivity contribution < 1.29 is 27.1 Å². The summed E-state index contributed by atoms with van der Waals surface area (Å²) >= 11 is 6.37. The molecule has 3 aromatic carbocycles. The summed E-state index contributed by atoms with van der Waals surface area (Å²) in [7, 11) is -3.98. The number of hydrogen-bond acceptors (Lipinski definition) is 6. The molecule has 2 amide bonds. The molecule has 2 fully saturated rings. The van der Waals surface area contributed by atoms with Crippen LogP contribution in [-0.4, -0.2) is 92.8 Å². The predicted octanol–water partition coefficient (Wildman–Crippen LogP) is 4.36. The van der Waals surface area contributed by atoms with E-state index in [1.54, 1.807) is 21.9 Å². The van der Waals surface area contributed by atoms with E-state index in [0.717, 1.165) is 16.8 Å². The molecule has 0 unspecified atom stereocenters. The van der Waals surface area contributed by atoms with E-state index >= 15 is 0 Å². The molecule has 0 saturated carbocycles. The quantitative estimate of drug-likeness (QED) is 0.381. The third-order valence-electron chi connectivity index (χ3n) is 8.02. The Balaban J connectivity index is 1.21. The molecule has 2 heterocycles. The van der Waals surface area contributed by atoms with E-state index in [9.17, 15) is 22.4 Å². The van der Waals surface area contributed by atoms with Crippen LogP contribution in [-0.2, 0) is 14.8 Å². The highest BCUT2D eigenvalue weighted by atomic mass is 35.5. The molecule has 5 rings (SSSR count). The topological polar surface area (TPSA) is 90.5 Å². The number of amides is 2. The third-order valence-corrected chi connectivity index (χ3v) is 10.4. The van der Waals surface area contributed by atoms with Gasteiger partial charge in [0.15, 0.2) is 6.61 Å². The van der Waals surface area contributed by atoms with Crippen LogP contribution in [0.3, 0.4) is 0 Å². The zero-order valence-electron chi connectivity index (χ0n) is 25.0. The van der Waals surface area contributed by atoms with Crippen LogP contribution in [0.15, 0.2) is 65.6 Å². The number of halogens is 2. The molecule has 2 saturated heterocycles. The number of piperazine rings is 2.